The van der Waals surface area contributed by atoms with Crippen molar-refractivity contribution in [1.29, 1.82) is 0 Å². The number of aromatic nitrogens is 2. The molecule has 0 N–H and O–H groups in total. The third kappa shape index (κ3) is 3.49. The first-order valence-electron chi connectivity index (χ1n) is 5.94. The number of halogens is 2. The van der Waals surface area contributed by atoms with Crippen molar-refractivity contribution in [1.82, 2.24) is 9.78 Å². The molecule has 1 rings (SSSR count). The first-order valence-corrected chi connectivity index (χ1v) is 7.17. The van der Waals surface area contributed by atoms with Crippen LogP contribution in [0.5, 0.6) is 0 Å². The molecule has 92 valence electrons. The summed E-state index contributed by atoms with van der Waals surface area (Å²) in [7, 11) is 2.00. The number of aryl methyl sites for hydroxylation is 2. The standard InChI is InChI=1S/C12H20BrClN2/c1-4-6-9(14)7-8-11-12(13)10(5-2)15-16(11)3/h9H,4-8H2,1-3H3. The van der Waals surface area contributed by atoms with E-state index in [1.807, 2.05) is 11.7 Å². The molecule has 0 amide bonds. The summed E-state index contributed by atoms with van der Waals surface area (Å²) >= 11 is 9.86. The zero-order valence-electron chi connectivity index (χ0n) is 10.3. The molecule has 1 aromatic heterocycles. The second kappa shape index (κ2) is 6.65. The zero-order valence-corrected chi connectivity index (χ0v) is 12.6. The molecular formula is C12H20BrClN2. The van der Waals surface area contributed by atoms with E-state index in [1.165, 1.54) is 5.69 Å². The van der Waals surface area contributed by atoms with Crippen LogP contribution in [0.25, 0.3) is 0 Å². The van der Waals surface area contributed by atoms with Gasteiger partial charge in [0.15, 0.2) is 0 Å². The zero-order chi connectivity index (χ0) is 12.1. The van der Waals surface area contributed by atoms with Crippen molar-refractivity contribution in [2.75, 3.05) is 0 Å². The van der Waals surface area contributed by atoms with Crippen LogP contribution >= 0.6 is 27.5 Å². The van der Waals surface area contributed by atoms with Gasteiger partial charge in [-0.15, -0.1) is 11.6 Å². The third-order valence-electron chi connectivity index (χ3n) is 2.80. The van der Waals surface area contributed by atoms with Crippen molar-refractivity contribution in [3.63, 3.8) is 0 Å². The highest BCUT2D eigenvalue weighted by Gasteiger charge is 2.13. The van der Waals surface area contributed by atoms with Gasteiger partial charge in [-0.25, -0.2) is 0 Å². The minimum atomic E-state index is 0.289. The van der Waals surface area contributed by atoms with Crippen LogP contribution in [0.1, 0.15) is 44.5 Å². The lowest BCUT2D eigenvalue weighted by Crippen LogP contribution is -2.04. The highest BCUT2D eigenvalue weighted by molar-refractivity contribution is 9.10. The Kier molecular flexibility index (Phi) is 5.84. The molecule has 0 aromatic carbocycles. The van der Waals surface area contributed by atoms with Gasteiger partial charge in [0.05, 0.1) is 15.9 Å². The fraction of sp³-hybridized carbons (Fsp3) is 0.750. The lowest BCUT2D eigenvalue weighted by atomic mass is 10.1. The Morgan fingerprint density at radius 2 is 2.06 bits per heavy atom. The largest absolute Gasteiger partial charge is 0.271 e. The van der Waals surface area contributed by atoms with Crippen LogP contribution in [0.3, 0.4) is 0 Å². The maximum atomic E-state index is 6.23. The molecule has 0 radical (unpaired) electrons. The monoisotopic (exact) mass is 306 g/mol. The Hall–Kier alpha value is -0.0200. The predicted molar refractivity (Wildman–Crippen MR) is 73.2 cm³/mol. The second-order valence-corrected chi connectivity index (χ2v) is 5.52. The normalized spacial score (nSPS) is 13.1. The van der Waals surface area contributed by atoms with Gasteiger partial charge in [0.1, 0.15) is 0 Å². The molecule has 1 atom stereocenters. The molecule has 1 unspecified atom stereocenters. The highest BCUT2D eigenvalue weighted by atomic mass is 79.9. The van der Waals surface area contributed by atoms with E-state index in [2.05, 4.69) is 34.9 Å². The van der Waals surface area contributed by atoms with Gasteiger partial charge in [-0.2, -0.15) is 5.10 Å². The number of alkyl halides is 1. The van der Waals surface area contributed by atoms with Crippen LogP contribution in [0, 0.1) is 0 Å². The fourth-order valence-electron chi connectivity index (χ4n) is 1.84. The molecule has 0 aliphatic heterocycles. The topological polar surface area (TPSA) is 17.8 Å². The third-order valence-corrected chi connectivity index (χ3v) is 4.15. The van der Waals surface area contributed by atoms with Crippen molar-refractivity contribution in [2.45, 2.75) is 51.3 Å². The van der Waals surface area contributed by atoms with E-state index in [4.69, 9.17) is 11.6 Å². The SMILES string of the molecule is CCCC(Cl)CCc1c(Br)c(CC)nn1C. The molecule has 16 heavy (non-hydrogen) atoms. The fourth-order valence-corrected chi connectivity index (χ4v) is 2.98. The van der Waals surface area contributed by atoms with Crippen molar-refractivity contribution >= 4 is 27.5 Å². The van der Waals surface area contributed by atoms with E-state index in [1.54, 1.807) is 0 Å². The molecule has 0 saturated heterocycles. The number of hydrogen-bond acceptors (Lipinski definition) is 1. The lowest BCUT2D eigenvalue weighted by molar-refractivity contribution is 0.633. The lowest BCUT2D eigenvalue weighted by Gasteiger charge is -2.08. The van der Waals surface area contributed by atoms with E-state index >= 15 is 0 Å². The first kappa shape index (κ1) is 14.0. The maximum Gasteiger partial charge on any atom is 0.0766 e. The highest BCUT2D eigenvalue weighted by Crippen LogP contribution is 2.24. The first-order chi connectivity index (χ1) is 7.60. The number of hydrogen-bond donors (Lipinski definition) is 0. The smallest absolute Gasteiger partial charge is 0.0766 e. The summed E-state index contributed by atoms with van der Waals surface area (Å²) in [6.45, 7) is 4.29. The summed E-state index contributed by atoms with van der Waals surface area (Å²) < 4.78 is 3.14. The van der Waals surface area contributed by atoms with Crippen LogP contribution in [-0.2, 0) is 19.9 Å². The second-order valence-electron chi connectivity index (χ2n) is 4.11. The minimum Gasteiger partial charge on any atom is -0.271 e. The van der Waals surface area contributed by atoms with E-state index in [9.17, 15) is 0 Å². The van der Waals surface area contributed by atoms with E-state index in [0.717, 1.165) is 42.3 Å². The molecule has 0 bridgehead atoms. The molecule has 0 aliphatic rings. The molecule has 2 nitrogen and oxygen atoms in total. The summed E-state index contributed by atoms with van der Waals surface area (Å²) in [5.41, 5.74) is 2.40. The number of rotatable bonds is 6. The Balaban J connectivity index is 2.63. The average molecular weight is 308 g/mol. The number of nitrogens with zero attached hydrogens (tertiary/aromatic N) is 2. The summed E-state index contributed by atoms with van der Waals surface area (Å²) in [5, 5.41) is 4.77. The Morgan fingerprint density at radius 1 is 1.38 bits per heavy atom. The molecule has 4 heteroatoms. The van der Waals surface area contributed by atoms with E-state index < -0.39 is 0 Å². The van der Waals surface area contributed by atoms with Crippen LogP contribution in [-0.4, -0.2) is 15.2 Å². The molecular weight excluding hydrogens is 288 g/mol. The molecule has 0 aliphatic carbocycles. The van der Waals surface area contributed by atoms with Gasteiger partial charge in [0.2, 0.25) is 0 Å². The molecule has 0 saturated carbocycles. The summed E-state index contributed by atoms with van der Waals surface area (Å²) in [4.78, 5) is 0. The van der Waals surface area contributed by atoms with Gasteiger partial charge >= 0.3 is 0 Å². The van der Waals surface area contributed by atoms with Crippen LogP contribution in [0.2, 0.25) is 0 Å². The average Bonchev–Trinajstić information content (AvgIpc) is 2.52. The van der Waals surface area contributed by atoms with Crippen LogP contribution in [0.4, 0.5) is 0 Å². The summed E-state index contributed by atoms with van der Waals surface area (Å²) in [5.74, 6) is 0. The Bertz CT molecular complexity index is 336. The molecule has 0 spiro atoms. The molecule has 1 heterocycles. The summed E-state index contributed by atoms with van der Waals surface area (Å²) in [6.07, 6.45) is 5.24. The van der Waals surface area contributed by atoms with E-state index in [0.29, 0.717) is 0 Å². The van der Waals surface area contributed by atoms with Crippen LogP contribution < -0.4 is 0 Å². The van der Waals surface area contributed by atoms with Gasteiger partial charge < -0.3 is 0 Å². The predicted octanol–water partition coefficient (Wildman–Crippen LogP) is 4.09. The van der Waals surface area contributed by atoms with Gasteiger partial charge in [-0.1, -0.05) is 20.3 Å². The quantitative estimate of drug-likeness (QED) is 0.724. The molecule has 1 aromatic rings. The van der Waals surface area contributed by atoms with Crippen molar-refractivity contribution in [2.24, 2.45) is 7.05 Å². The summed E-state index contributed by atoms with van der Waals surface area (Å²) in [6, 6.07) is 0. The minimum absolute atomic E-state index is 0.289. The van der Waals surface area contributed by atoms with Crippen LogP contribution in [0.15, 0.2) is 4.47 Å². The molecule has 0 fully saturated rings. The van der Waals surface area contributed by atoms with Gasteiger partial charge in [0, 0.05) is 12.4 Å². The van der Waals surface area contributed by atoms with Gasteiger partial charge in [-0.3, -0.25) is 4.68 Å². The van der Waals surface area contributed by atoms with E-state index in [-0.39, 0.29) is 5.38 Å². The van der Waals surface area contributed by atoms with Gasteiger partial charge in [-0.05, 0) is 41.6 Å². The van der Waals surface area contributed by atoms with Gasteiger partial charge in [0.25, 0.3) is 0 Å². The van der Waals surface area contributed by atoms with Crippen molar-refractivity contribution < 1.29 is 0 Å². The Labute approximate surface area is 111 Å². The van der Waals surface area contributed by atoms with Crippen molar-refractivity contribution in [3.05, 3.63) is 15.9 Å². The van der Waals surface area contributed by atoms with Crippen molar-refractivity contribution in [3.8, 4) is 0 Å². The Morgan fingerprint density at radius 3 is 2.56 bits per heavy atom. The maximum absolute atomic E-state index is 6.23.